The Balaban J connectivity index is 1.90. The maximum Gasteiger partial charge on any atom is 0.305 e. The summed E-state index contributed by atoms with van der Waals surface area (Å²) < 4.78 is 10.6. The number of amides is 2. The quantitative estimate of drug-likeness (QED) is 0.850. The summed E-state index contributed by atoms with van der Waals surface area (Å²) in [5, 5.41) is 0. The molecule has 1 aromatic carbocycles. The number of hydrogen-bond acceptors (Lipinski definition) is 4. The number of carbonyl (C=O) groups is 2. The van der Waals surface area contributed by atoms with Gasteiger partial charge in [-0.05, 0) is 57.2 Å². The van der Waals surface area contributed by atoms with E-state index < -0.39 is 11.8 Å². The van der Waals surface area contributed by atoms with Crippen LogP contribution < -0.4 is 15.6 Å². The molecule has 0 spiro atoms. The van der Waals surface area contributed by atoms with Gasteiger partial charge in [0.25, 0.3) is 5.91 Å². The molecule has 0 bridgehead atoms. The third-order valence-electron chi connectivity index (χ3n) is 2.74. The van der Waals surface area contributed by atoms with E-state index in [1.165, 1.54) is 6.07 Å². The number of furan rings is 1. The van der Waals surface area contributed by atoms with Crippen LogP contribution in [0.1, 0.15) is 40.5 Å². The van der Waals surface area contributed by atoms with E-state index in [2.05, 4.69) is 10.9 Å². The summed E-state index contributed by atoms with van der Waals surface area (Å²) in [5.41, 5.74) is 5.03. The molecule has 0 aliphatic heterocycles. The van der Waals surface area contributed by atoms with Gasteiger partial charge in [-0.25, -0.2) is 0 Å². The van der Waals surface area contributed by atoms with E-state index in [0.29, 0.717) is 17.1 Å². The zero-order valence-corrected chi connectivity index (χ0v) is 12.7. The Kier molecular flexibility index (Phi) is 4.83. The lowest BCUT2D eigenvalue weighted by molar-refractivity contribution is 0.0830. The Morgan fingerprint density at radius 1 is 1.00 bits per heavy atom. The molecule has 2 N–H and O–H groups in total. The van der Waals surface area contributed by atoms with Crippen LogP contribution in [0.3, 0.4) is 0 Å². The fourth-order valence-electron chi connectivity index (χ4n) is 1.76. The standard InChI is InChI=1S/C16H18N2O4/c1-10(2)21-13-7-5-12(6-8-13)15(19)17-18-16(20)14-9-4-11(3)22-14/h4-10H,1-3H3,(H,17,19)(H,18,20). The minimum Gasteiger partial charge on any atom is -0.491 e. The van der Waals surface area contributed by atoms with Crippen LogP contribution in [0.25, 0.3) is 0 Å². The third kappa shape index (κ3) is 4.12. The summed E-state index contributed by atoms with van der Waals surface area (Å²) >= 11 is 0. The maximum atomic E-state index is 11.9. The van der Waals surface area contributed by atoms with Crippen LogP contribution in [-0.4, -0.2) is 17.9 Å². The van der Waals surface area contributed by atoms with Crippen molar-refractivity contribution in [3.8, 4) is 5.75 Å². The first kappa shape index (κ1) is 15.6. The van der Waals surface area contributed by atoms with Crippen molar-refractivity contribution in [2.75, 3.05) is 0 Å². The average Bonchev–Trinajstić information content (AvgIpc) is 2.91. The van der Waals surface area contributed by atoms with Gasteiger partial charge < -0.3 is 9.15 Å². The van der Waals surface area contributed by atoms with E-state index in [1.54, 1.807) is 37.3 Å². The van der Waals surface area contributed by atoms with Crippen molar-refractivity contribution in [3.05, 3.63) is 53.5 Å². The summed E-state index contributed by atoms with van der Waals surface area (Å²) in [6, 6.07) is 9.85. The minimum absolute atomic E-state index is 0.0655. The summed E-state index contributed by atoms with van der Waals surface area (Å²) in [6.45, 7) is 5.58. The average molecular weight is 302 g/mol. The molecule has 0 atom stereocenters. The van der Waals surface area contributed by atoms with Crippen molar-refractivity contribution < 1.29 is 18.7 Å². The Morgan fingerprint density at radius 3 is 2.18 bits per heavy atom. The molecular formula is C16H18N2O4. The minimum atomic E-state index is -0.513. The van der Waals surface area contributed by atoms with Crippen molar-refractivity contribution >= 4 is 11.8 Å². The fraction of sp³-hybridized carbons (Fsp3) is 0.250. The first-order valence-electron chi connectivity index (χ1n) is 6.89. The molecule has 6 nitrogen and oxygen atoms in total. The molecule has 1 heterocycles. The van der Waals surface area contributed by atoms with E-state index in [4.69, 9.17) is 9.15 Å². The number of nitrogens with one attached hydrogen (secondary N) is 2. The van der Waals surface area contributed by atoms with E-state index in [1.807, 2.05) is 13.8 Å². The summed E-state index contributed by atoms with van der Waals surface area (Å²) in [7, 11) is 0. The number of ether oxygens (including phenoxy) is 1. The van der Waals surface area contributed by atoms with Gasteiger partial charge in [-0.3, -0.25) is 20.4 Å². The number of benzene rings is 1. The van der Waals surface area contributed by atoms with Gasteiger partial charge in [0.15, 0.2) is 5.76 Å². The Morgan fingerprint density at radius 2 is 1.64 bits per heavy atom. The maximum absolute atomic E-state index is 11.9. The highest BCUT2D eigenvalue weighted by atomic mass is 16.5. The molecule has 2 amide bonds. The van der Waals surface area contributed by atoms with E-state index in [-0.39, 0.29) is 11.9 Å². The predicted molar refractivity (Wildman–Crippen MR) is 80.6 cm³/mol. The molecule has 0 radical (unpaired) electrons. The molecule has 2 aromatic rings. The van der Waals surface area contributed by atoms with Crippen LogP contribution in [-0.2, 0) is 0 Å². The first-order chi connectivity index (χ1) is 10.5. The van der Waals surface area contributed by atoms with Gasteiger partial charge in [0.2, 0.25) is 0 Å². The number of rotatable bonds is 4. The molecule has 0 saturated heterocycles. The normalized spacial score (nSPS) is 10.4. The molecule has 0 saturated carbocycles. The molecule has 2 rings (SSSR count). The van der Waals surface area contributed by atoms with Crippen LogP contribution in [0, 0.1) is 6.92 Å². The molecular weight excluding hydrogens is 284 g/mol. The van der Waals surface area contributed by atoms with Crippen LogP contribution in [0.2, 0.25) is 0 Å². The fourth-order valence-corrected chi connectivity index (χ4v) is 1.76. The van der Waals surface area contributed by atoms with Gasteiger partial charge in [-0.15, -0.1) is 0 Å². The Bertz CT molecular complexity index is 659. The van der Waals surface area contributed by atoms with Gasteiger partial charge >= 0.3 is 5.91 Å². The molecule has 0 unspecified atom stereocenters. The van der Waals surface area contributed by atoms with Crippen molar-refractivity contribution in [2.45, 2.75) is 26.9 Å². The van der Waals surface area contributed by atoms with Gasteiger partial charge in [-0.2, -0.15) is 0 Å². The van der Waals surface area contributed by atoms with Crippen LogP contribution >= 0.6 is 0 Å². The highest BCUT2D eigenvalue weighted by Gasteiger charge is 2.12. The van der Waals surface area contributed by atoms with Crippen molar-refractivity contribution in [2.24, 2.45) is 0 Å². The topological polar surface area (TPSA) is 80.6 Å². The lowest BCUT2D eigenvalue weighted by Gasteiger charge is -2.10. The number of carbonyl (C=O) groups excluding carboxylic acids is 2. The van der Waals surface area contributed by atoms with E-state index in [0.717, 1.165) is 0 Å². The molecule has 6 heteroatoms. The van der Waals surface area contributed by atoms with E-state index >= 15 is 0 Å². The van der Waals surface area contributed by atoms with Crippen molar-refractivity contribution in [3.63, 3.8) is 0 Å². The zero-order valence-electron chi connectivity index (χ0n) is 12.7. The molecule has 22 heavy (non-hydrogen) atoms. The van der Waals surface area contributed by atoms with Crippen LogP contribution in [0.4, 0.5) is 0 Å². The van der Waals surface area contributed by atoms with Gasteiger partial charge in [0.1, 0.15) is 11.5 Å². The second-order valence-corrected chi connectivity index (χ2v) is 5.01. The van der Waals surface area contributed by atoms with Gasteiger partial charge in [0.05, 0.1) is 6.10 Å². The van der Waals surface area contributed by atoms with Gasteiger partial charge in [0, 0.05) is 5.56 Å². The lowest BCUT2D eigenvalue weighted by atomic mass is 10.2. The highest BCUT2D eigenvalue weighted by Crippen LogP contribution is 2.13. The second-order valence-electron chi connectivity index (χ2n) is 5.01. The van der Waals surface area contributed by atoms with Crippen molar-refractivity contribution in [1.82, 2.24) is 10.9 Å². The Hall–Kier alpha value is -2.76. The molecule has 0 fully saturated rings. The SMILES string of the molecule is Cc1ccc(C(=O)NNC(=O)c2ccc(OC(C)C)cc2)o1. The molecule has 116 valence electrons. The van der Waals surface area contributed by atoms with Gasteiger partial charge in [-0.1, -0.05) is 0 Å². The highest BCUT2D eigenvalue weighted by molar-refractivity contribution is 5.98. The lowest BCUT2D eigenvalue weighted by Crippen LogP contribution is -2.41. The number of hydrazine groups is 1. The summed E-state index contributed by atoms with van der Waals surface area (Å²) in [4.78, 5) is 23.7. The zero-order chi connectivity index (χ0) is 16.1. The van der Waals surface area contributed by atoms with Crippen LogP contribution in [0.15, 0.2) is 40.8 Å². The second kappa shape index (κ2) is 6.80. The summed E-state index contributed by atoms with van der Waals surface area (Å²) in [6.07, 6.45) is 0.0655. The van der Waals surface area contributed by atoms with Crippen LogP contribution in [0.5, 0.6) is 5.75 Å². The monoisotopic (exact) mass is 302 g/mol. The van der Waals surface area contributed by atoms with E-state index in [9.17, 15) is 9.59 Å². The number of hydrogen-bond donors (Lipinski definition) is 2. The molecule has 1 aromatic heterocycles. The molecule has 0 aliphatic rings. The smallest absolute Gasteiger partial charge is 0.305 e. The van der Waals surface area contributed by atoms with Crippen molar-refractivity contribution in [1.29, 1.82) is 0 Å². The third-order valence-corrected chi connectivity index (χ3v) is 2.74. The first-order valence-corrected chi connectivity index (χ1v) is 6.89. The summed E-state index contributed by atoms with van der Waals surface area (Å²) in [5.74, 6) is 0.506. The number of aryl methyl sites for hydroxylation is 1. The Labute approximate surface area is 128 Å². The predicted octanol–water partition coefficient (Wildman–Crippen LogP) is 2.45. The molecule has 0 aliphatic carbocycles. The largest absolute Gasteiger partial charge is 0.491 e.